The number of benzene rings is 2. The second kappa shape index (κ2) is 10.6. The maximum Gasteiger partial charge on any atom is 0.344 e. The lowest BCUT2D eigenvalue weighted by atomic mass is 10.2. The topological polar surface area (TPSA) is 172 Å². The summed E-state index contributed by atoms with van der Waals surface area (Å²) < 4.78 is 35.1. The van der Waals surface area contributed by atoms with Crippen LogP contribution in [0, 0.1) is 10.1 Å². The summed E-state index contributed by atoms with van der Waals surface area (Å²) in [5, 5.41) is 13.0. The zero-order valence-electron chi connectivity index (χ0n) is 17.1. The minimum atomic E-state index is -4.01. The molecular weight excluding hydrogens is 490 g/mol. The molecule has 0 bridgehead atoms. The van der Waals surface area contributed by atoms with Crippen molar-refractivity contribution < 1.29 is 37.2 Å². The summed E-state index contributed by atoms with van der Waals surface area (Å²) in [7, 11) is -4.01. The number of sulfone groups is 1. The number of anilines is 1. The Balaban J connectivity index is 1.53. The summed E-state index contributed by atoms with van der Waals surface area (Å²) in [5.41, 5.74) is -0.0135. The van der Waals surface area contributed by atoms with Crippen LogP contribution < -0.4 is 10.1 Å². The van der Waals surface area contributed by atoms with Crippen LogP contribution in [-0.4, -0.2) is 49.7 Å². The fourth-order valence-corrected chi connectivity index (χ4v) is 4.94. The lowest BCUT2D eigenvalue weighted by Gasteiger charge is -2.08. The van der Waals surface area contributed by atoms with Gasteiger partial charge >= 0.3 is 5.97 Å². The van der Waals surface area contributed by atoms with E-state index in [9.17, 15) is 32.9 Å². The number of nitro benzene ring substituents is 1. The predicted molar refractivity (Wildman–Crippen MR) is 118 cm³/mol. The van der Waals surface area contributed by atoms with Crippen LogP contribution in [0.3, 0.4) is 0 Å². The molecule has 0 aliphatic heterocycles. The minimum absolute atomic E-state index is 0.0577. The zero-order valence-corrected chi connectivity index (χ0v) is 18.7. The number of nitrogens with zero attached hydrogens (tertiary/aromatic N) is 2. The Kier molecular flexibility index (Phi) is 7.65. The molecular formula is C20H15N3O9S2. The van der Waals surface area contributed by atoms with E-state index in [4.69, 9.17) is 9.47 Å². The molecule has 0 unspecified atom stereocenters. The van der Waals surface area contributed by atoms with E-state index in [0.29, 0.717) is 17.6 Å². The summed E-state index contributed by atoms with van der Waals surface area (Å²) in [4.78, 5) is 48.4. The summed E-state index contributed by atoms with van der Waals surface area (Å²) in [5.74, 6) is -1.45. The molecule has 14 heteroatoms. The van der Waals surface area contributed by atoms with Crippen LogP contribution in [0.2, 0.25) is 0 Å². The Morgan fingerprint density at radius 1 is 1.12 bits per heavy atom. The van der Waals surface area contributed by atoms with Crippen LogP contribution in [0.5, 0.6) is 5.75 Å². The third-order valence-electron chi connectivity index (χ3n) is 4.11. The molecule has 1 N–H and O–H groups in total. The first-order valence-electron chi connectivity index (χ1n) is 9.28. The highest BCUT2D eigenvalue weighted by atomic mass is 32.2. The number of aldehydes is 1. The van der Waals surface area contributed by atoms with E-state index in [1.54, 1.807) is 12.1 Å². The summed E-state index contributed by atoms with van der Waals surface area (Å²) >= 11 is 0.656. The molecule has 0 fully saturated rings. The van der Waals surface area contributed by atoms with Crippen molar-refractivity contribution in [3.63, 3.8) is 0 Å². The number of para-hydroxylation sites is 1. The number of ether oxygens (including phenoxy) is 2. The monoisotopic (exact) mass is 505 g/mol. The predicted octanol–water partition coefficient (Wildman–Crippen LogP) is 2.26. The molecule has 34 heavy (non-hydrogen) atoms. The first kappa shape index (κ1) is 24.5. The van der Waals surface area contributed by atoms with Crippen molar-refractivity contribution in [2.24, 2.45) is 0 Å². The van der Waals surface area contributed by atoms with E-state index in [1.165, 1.54) is 12.1 Å². The third kappa shape index (κ3) is 5.99. The lowest BCUT2D eigenvalue weighted by molar-refractivity contribution is -0.384. The number of amides is 1. The largest absolute Gasteiger partial charge is 0.481 e. The molecule has 3 aromatic rings. The SMILES string of the molecule is O=Cc1ccccc1OCC(=O)OCC(=O)Nc1ncc(S(=O)(=O)c2ccc([N+](=O)[O-])cc2)s1. The minimum Gasteiger partial charge on any atom is -0.481 e. The summed E-state index contributed by atoms with van der Waals surface area (Å²) in [6.45, 7) is -1.21. The van der Waals surface area contributed by atoms with Gasteiger partial charge in [-0.25, -0.2) is 18.2 Å². The number of thiazole rings is 1. The summed E-state index contributed by atoms with van der Waals surface area (Å²) in [6, 6.07) is 10.6. The number of esters is 1. The number of rotatable bonds is 10. The highest BCUT2D eigenvalue weighted by Crippen LogP contribution is 2.29. The molecule has 0 aliphatic rings. The molecule has 0 radical (unpaired) electrons. The number of nitrogens with one attached hydrogen (secondary N) is 1. The van der Waals surface area contributed by atoms with Crippen LogP contribution in [-0.2, 0) is 24.2 Å². The Morgan fingerprint density at radius 3 is 2.50 bits per heavy atom. The van der Waals surface area contributed by atoms with Gasteiger partial charge in [0.25, 0.3) is 11.6 Å². The molecule has 1 aromatic heterocycles. The average Bonchev–Trinajstić information content (AvgIpc) is 3.31. The van der Waals surface area contributed by atoms with E-state index in [2.05, 4.69) is 10.3 Å². The quantitative estimate of drug-likeness (QED) is 0.186. The van der Waals surface area contributed by atoms with Gasteiger partial charge in [-0.1, -0.05) is 23.5 Å². The second-order valence-corrected chi connectivity index (χ2v) is 9.60. The third-order valence-corrected chi connectivity index (χ3v) is 7.25. The van der Waals surface area contributed by atoms with Crippen molar-refractivity contribution in [3.8, 4) is 5.75 Å². The van der Waals surface area contributed by atoms with Gasteiger partial charge in [0.15, 0.2) is 24.6 Å². The van der Waals surface area contributed by atoms with Gasteiger partial charge in [-0.15, -0.1) is 0 Å². The molecule has 0 saturated heterocycles. The average molecular weight is 505 g/mol. The highest BCUT2D eigenvalue weighted by Gasteiger charge is 2.22. The van der Waals surface area contributed by atoms with E-state index < -0.39 is 39.9 Å². The summed E-state index contributed by atoms with van der Waals surface area (Å²) in [6.07, 6.45) is 1.60. The first-order valence-corrected chi connectivity index (χ1v) is 11.6. The maximum absolute atomic E-state index is 12.6. The Hall–Kier alpha value is -4.17. The van der Waals surface area contributed by atoms with Crippen molar-refractivity contribution in [2.45, 2.75) is 9.10 Å². The fraction of sp³-hybridized carbons (Fsp3) is 0.100. The normalized spacial score (nSPS) is 10.8. The van der Waals surface area contributed by atoms with E-state index in [0.717, 1.165) is 30.5 Å². The second-order valence-electron chi connectivity index (χ2n) is 6.39. The van der Waals surface area contributed by atoms with E-state index >= 15 is 0 Å². The molecule has 0 saturated carbocycles. The Labute approximate surface area is 196 Å². The van der Waals surface area contributed by atoms with Crippen molar-refractivity contribution in [3.05, 3.63) is 70.4 Å². The Bertz CT molecular complexity index is 1340. The van der Waals surface area contributed by atoms with Crippen LogP contribution >= 0.6 is 11.3 Å². The van der Waals surface area contributed by atoms with E-state index in [-0.39, 0.29) is 31.2 Å². The molecule has 0 atom stereocenters. The zero-order chi connectivity index (χ0) is 24.7. The number of non-ortho nitro benzene ring substituents is 1. The standard InChI is InChI=1S/C20H15N3O9S2/c24-10-13-3-1-2-4-16(13)31-12-18(26)32-11-17(25)22-20-21-9-19(33-20)34(29,30)15-7-5-14(6-8-15)23(27)28/h1-10H,11-12H2,(H,21,22,25). The van der Waals surface area contributed by atoms with Gasteiger partial charge < -0.3 is 9.47 Å². The van der Waals surface area contributed by atoms with E-state index in [1.807, 2.05) is 0 Å². The number of carbonyl (C=O) groups is 3. The van der Waals surface area contributed by atoms with Gasteiger partial charge in [0.2, 0.25) is 9.84 Å². The highest BCUT2D eigenvalue weighted by molar-refractivity contribution is 7.93. The van der Waals surface area contributed by atoms with Gasteiger partial charge in [-0.3, -0.25) is 25.0 Å². The molecule has 12 nitrogen and oxygen atoms in total. The molecule has 3 rings (SSSR count). The smallest absolute Gasteiger partial charge is 0.344 e. The molecule has 0 spiro atoms. The molecule has 176 valence electrons. The fourth-order valence-electron chi connectivity index (χ4n) is 2.49. The number of carbonyl (C=O) groups excluding carboxylic acids is 3. The van der Waals surface area contributed by atoms with Gasteiger partial charge in [-0.05, 0) is 24.3 Å². The lowest BCUT2D eigenvalue weighted by Crippen LogP contribution is -2.23. The van der Waals surface area contributed by atoms with Gasteiger partial charge in [0.1, 0.15) is 9.96 Å². The van der Waals surface area contributed by atoms with Crippen LogP contribution in [0.4, 0.5) is 10.8 Å². The van der Waals surface area contributed by atoms with Crippen LogP contribution in [0.15, 0.2) is 63.8 Å². The van der Waals surface area contributed by atoms with Gasteiger partial charge in [0.05, 0.1) is 21.6 Å². The van der Waals surface area contributed by atoms with Crippen LogP contribution in [0.1, 0.15) is 10.4 Å². The molecule has 2 aromatic carbocycles. The first-order chi connectivity index (χ1) is 16.2. The Morgan fingerprint density at radius 2 is 1.82 bits per heavy atom. The number of aromatic nitrogens is 1. The maximum atomic E-state index is 12.6. The number of hydrogen-bond donors (Lipinski definition) is 1. The number of hydrogen-bond acceptors (Lipinski definition) is 11. The van der Waals surface area contributed by atoms with Crippen molar-refractivity contribution in [2.75, 3.05) is 18.5 Å². The van der Waals surface area contributed by atoms with Crippen molar-refractivity contribution in [1.29, 1.82) is 0 Å². The molecule has 1 heterocycles. The van der Waals surface area contributed by atoms with Crippen molar-refractivity contribution in [1.82, 2.24) is 4.98 Å². The van der Waals surface area contributed by atoms with Gasteiger partial charge in [0, 0.05) is 12.1 Å². The van der Waals surface area contributed by atoms with Gasteiger partial charge in [-0.2, -0.15) is 0 Å². The van der Waals surface area contributed by atoms with Crippen molar-refractivity contribution >= 4 is 50.2 Å². The van der Waals surface area contributed by atoms with Crippen LogP contribution in [0.25, 0.3) is 0 Å². The number of nitro groups is 1. The molecule has 1 amide bonds. The molecule has 0 aliphatic carbocycles.